The van der Waals surface area contributed by atoms with E-state index in [1.165, 1.54) is 0 Å². The minimum absolute atomic E-state index is 0.197. The number of piperazine rings is 1. The Hall–Kier alpha value is -1.92. The Labute approximate surface area is 124 Å². The highest BCUT2D eigenvalue weighted by Crippen LogP contribution is 2.24. The van der Waals surface area contributed by atoms with Crippen LogP contribution >= 0.6 is 0 Å². The number of nitrogens with zero attached hydrogens (tertiary/aromatic N) is 1. The lowest BCUT2D eigenvalue weighted by Crippen LogP contribution is -2.63. The number of nitrogens with one attached hydrogen (secondary N) is 1. The van der Waals surface area contributed by atoms with Gasteiger partial charge in [-0.05, 0) is 31.5 Å². The fraction of sp³-hybridized carbons (Fsp3) is 0.467. The van der Waals surface area contributed by atoms with Crippen molar-refractivity contribution >= 4 is 11.8 Å². The molecule has 0 bridgehead atoms. The van der Waals surface area contributed by atoms with Gasteiger partial charge in [0.15, 0.2) is 0 Å². The SMILES string of the molecule is COc1ccc(CN2CC(=O)NC(=O)C2(C)C)cc1CN. The molecule has 1 aliphatic rings. The number of hydrogen-bond acceptors (Lipinski definition) is 5. The number of nitrogens with two attached hydrogens (primary N) is 1. The van der Waals surface area contributed by atoms with E-state index in [1.54, 1.807) is 7.11 Å². The number of hydrogen-bond donors (Lipinski definition) is 2. The highest BCUT2D eigenvalue weighted by Gasteiger charge is 2.40. The Balaban J connectivity index is 2.24. The smallest absolute Gasteiger partial charge is 0.246 e. The van der Waals surface area contributed by atoms with Crippen LogP contribution < -0.4 is 15.8 Å². The second-order valence-electron chi connectivity index (χ2n) is 5.64. The molecular weight excluding hydrogens is 270 g/mol. The summed E-state index contributed by atoms with van der Waals surface area (Å²) >= 11 is 0. The molecule has 114 valence electrons. The molecule has 0 aliphatic carbocycles. The lowest BCUT2D eigenvalue weighted by Gasteiger charge is -2.40. The fourth-order valence-corrected chi connectivity index (χ4v) is 2.40. The molecule has 0 spiro atoms. The first-order valence-electron chi connectivity index (χ1n) is 6.83. The Morgan fingerprint density at radius 3 is 2.71 bits per heavy atom. The molecule has 1 aromatic carbocycles. The van der Waals surface area contributed by atoms with Gasteiger partial charge >= 0.3 is 0 Å². The zero-order valence-electron chi connectivity index (χ0n) is 12.6. The molecule has 0 unspecified atom stereocenters. The minimum atomic E-state index is -0.725. The molecule has 21 heavy (non-hydrogen) atoms. The summed E-state index contributed by atoms with van der Waals surface area (Å²) in [5.41, 5.74) is 6.88. The van der Waals surface area contributed by atoms with Crippen LogP contribution in [0, 0.1) is 0 Å². The van der Waals surface area contributed by atoms with E-state index >= 15 is 0 Å². The summed E-state index contributed by atoms with van der Waals surface area (Å²) in [4.78, 5) is 25.4. The van der Waals surface area contributed by atoms with Crippen molar-refractivity contribution in [3.63, 3.8) is 0 Å². The quantitative estimate of drug-likeness (QED) is 0.784. The second-order valence-corrected chi connectivity index (χ2v) is 5.64. The van der Waals surface area contributed by atoms with Crippen LogP contribution in [0.2, 0.25) is 0 Å². The predicted molar refractivity (Wildman–Crippen MR) is 78.5 cm³/mol. The Kier molecular flexibility index (Phi) is 4.29. The van der Waals surface area contributed by atoms with E-state index < -0.39 is 5.54 Å². The molecule has 1 aliphatic heterocycles. The third-order valence-corrected chi connectivity index (χ3v) is 3.87. The molecule has 0 atom stereocenters. The van der Waals surface area contributed by atoms with Crippen LogP contribution in [-0.2, 0) is 22.7 Å². The maximum atomic E-state index is 11.9. The maximum absolute atomic E-state index is 11.9. The molecule has 0 saturated carbocycles. The van der Waals surface area contributed by atoms with Gasteiger partial charge in [0.05, 0.1) is 19.2 Å². The average Bonchev–Trinajstić information content (AvgIpc) is 2.44. The van der Waals surface area contributed by atoms with Gasteiger partial charge in [-0.15, -0.1) is 0 Å². The van der Waals surface area contributed by atoms with Gasteiger partial charge in [0.2, 0.25) is 11.8 Å². The van der Waals surface area contributed by atoms with Crippen molar-refractivity contribution in [2.75, 3.05) is 13.7 Å². The van der Waals surface area contributed by atoms with Crippen molar-refractivity contribution < 1.29 is 14.3 Å². The number of carbonyl (C=O) groups excluding carboxylic acids is 2. The Morgan fingerprint density at radius 2 is 2.10 bits per heavy atom. The molecular formula is C15H21N3O3. The first-order valence-corrected chi connectivity index (χ1v) is 6.83. The lowest BCUT2D eigenvalue weighted by molar-refractivity contribution is -0.145. The van der Waals surface area contributed by atoms with Gasteiger partial charge in [0, 0.05) is 18.7 Å². The fourth-order valence-electron chi connectivity index (χ4n) is 2.40. The molecule has 2 amide bonds. The van der Waals surface area contributed by atoms with Crippen molar-refractivity contribution in [3.05, 3.63) is 29.3 Å². The van der Waals surface area contributed by atoms with E-state index in [1.807, 2.05) is 36.9 Å². The number of methoxy groups -OCH3 is 1. The normalized spacial score (nSPS) is 18.5. The molecule has 6 heteroatoms. The molecule has 1 aromatic rings. The van der Waals surface area contributed by atoms with Crippen molar-refractivity contribution in [1.82, 2.24) is 10.2 Å². The van der Waals surface area contributed by atoms with Crippen molar-refractivity contribution in [2.24, 2.45) is 5.73 Å². The largest absolute Gasteiger partial charge is 0.496 e. The summed E-state index contributed by atoms with van der Waals surface area (Å²) in [7, 11) is 1.60. The van der Waals surface area contributed by atoms with Crippen LogP contribution in [-0.4, -0.2) is 35.9 Å². The van der Waals surface area contributed by atoms with E-state index in [9.17, 15) is 9.59 Å². The van der Waals surface area contributed by atoms with Crippen molar-refractivity contribution in [2.45, 2.75) is 32.5 Å². The van der Waals surface area contributed by atoms with Gasteiger partial charge < -0.3 is 10.5 Å². The van der Waals surface area contributed by atoms with Crippen molar-refractivity contribution in [3.8, 4) is 5.75 Å². The summed E-state index contributed by atoms with van der Waals surface area (Å²) < 4.78 is 5.24. The van der Waals surface area contributed by atoms with Crippen LogP contribution in [0.15, 0.2) is 18.2 Å². The van der Waals surface area contributed by atoms with Crippen LogP contribution in [0.3, 0.4) is 0 Å². The summed E-state index contributed by atoms with van der Waals surface area (Å²) in [5.74, 6) is 0.200. The number of amides is 2. The molecule has 2 rings (SSSR count). The van der Waals surface area contributed by atoms with Gasteiger partial charge in [0.25, 0.3) is 0 Å². The van der Waals surface area contributed by atoms with E-state index in [4.69, 9.17) is 10.5 Å². The van der Waals surface area contributed by atoms with E-state index in [2.05, 4.69) is 5.32 Å². The predicted octanol–water partition coefficient (Wildman–Crippen LogP) is 0.391. The van der Waals surface area contributed by atoms with Crippen LogP contribution in [0.5, 0.6) is 5.75 Å². The third-order valence-electron chi connectivity index (χ3n) is 3.87. The molecule has 3 N–H and O–H groups in total. The van der Waals surface area contributed by atoms with Crippen molar-refractivity contribution in [1.29, 1.82) is 0 Å². The second kappa shape index (κ2) is 5.83. The summed E-state index contributed by atoms with van der Waals surface area (Å²) in [5, 5.41) is 2.37. The third kappa shape index (κ3) is 3.06. The van der Waals surface area contributed by atoms with Gasteiger partial charge in [-0.3, -0.25) is 19.8 Å². The number of ether oxygens (including phenoxy) is 1. The van der Waals surface area contributed by atoms with Crippen LogP contribution in [0.25, 0.3) is 0 Å². The number of benzene rings is 1. The minimum Gasteiger partial charge on any atom is -0.496 e. The number of imide groups is 1. The molecule has 6 nitrogen and oxygen atoms in total. The van der Waals surface area contributed by atoms with Gasteiger partial charge in [-0.1, -0.05) is 6.07 Å². The lowest BCUT2D eigenvalue weighted by atomic mass is 9.97. The standard InChI is InChI=1S/C15H21N3O3/c1-15(2)14(20)17-13(19)9-18(15)8-10-4-5-12(21-3)11(6-10)7-16/h4-6H,7-9,16H2,1-3H3,(H,17,19,20). The van der Waals surface area contributed by atoms with Gasteiger partial charge in [0.1, 0.15) is 5.75 Å². The maximum Gasteiger partial charge on any atom is 0.246 e. The first-order chi connectivity index (χ1) is 9.88. The molecule has 1 saturated heterocycles. The number of carbonyl (C=O) groups is 2. The van der Waals surface area contributed by atoms with E-state index in [0.29, 0.717) is 13.1 Å². The highest BCUT2D eigenvalue weighted by molar-refractivity contribution is 6.02. The summed E-state index contributed by atoms with van der Waals surface area (Å²) in [6.45, 7) is 4.69. The Morgan fingerprint density at radius 1 is 1.38 bits per heavy atom. The van der Waals surface area contributed by atoms with Crippen LogP contribution in [0.1, 0.15) is 25.0 Å². The Bertz CT molecular complexity index is 569. The molecule has 1 fully saturated rings. The van der Waals surface area contributed by atoms with Gasteiger partial charge in [-0.25, -0.2) is 0 Å². The summed E-state index contributed by atoms with van der Waals surface area (Å²) in [6.07, 6.45) is 0. The van der Waals surface area contributed by atoms with Crippen LogP contribution in [0.4, 0.5) is 0 Å². The zero-order chi connectivity index (χ0) is 15.6. The number of rotatable bonds is 4. The van der Waals surface area contributed by atoms with E-state index in [0.717, 1.165) is 16.9 Å². The molecule has 1 heterocycles. The first kappa shape index (κ1) is 15.5. The van der Waals surface area contributed by atoms with E-state index in [-0.39, 0.29) is 18.4 Å². The topological polar surface area (TPSA) is 84.7 Å². The average molecular weight is 291 g/mol. The zero-order valence-corrected chi connectivity index (χ0v) is 12.6. The van der Waals surface area contributed by atoms with Gasteiger partial charge in [-0.2, -0.15) is 0 Å². The molecule has 0 aromatic heterocycles. The highest BCUT2D eigenvalue weighted by atomic mass is 16.5. The summed E-state index contributed by atoms with van der Waals surface area (Å²) in [6, 6.07) is 5.73. The molecule has 0 radical (unpaired) electrons. The monoisotopic (exact) mass is 291 g/mol.